The number of nitrogens with zero attached hydrogens (tertiary/aromatic N) is 8. The molecule has 5 N–H and O–H groups in total. The normalized spacial score (nSPS) is 19.3. The number of rotatable bonds is 13. The molecule has 0 aromatic carbocycles. The first-order valence-electron chi connectivity index (χ1n) is 15.7. The standard InChI is InChI=1S/C12H15N5O6S.C11H15N5O8S2.C3H9N.Na/c13-10(18)1-2-11-14-3-4-16(11)8-5-9-7-15(6-8)12(19)17(9)23-24(20,21)22;17-2-1-13-25(19,20)10-4-12-15(7-10)8-3-9-6-14(5-8)11(18)16(9)24-26(21,22)23;1-4(2)3;/h3-5,9H,1-2,6-7H2,(H2,13,18)(H,20,21,22);3-4,7,9,13,17H,1-2,5-6H2,(H,21,22,23);1-3H3;/q;;;+1/p-1. The number of nitrogens with one attached hydrogen (secondary N) is 2. The van der Waals surface area contributed by atoms with Crippen molar-refractivity contribution in [1.82, 2.24) is 44.0 Å². The molecule has 0 spiro atoms. The minimum Gasteiger partial charge on any atom is -0.724 e. The predicted molar refractivity (Wildman–Crippen MR) is 178 cm³/mol. The van der Waals surface area contributed by atoms with Crippen LogP contribution in [0.1, 0.15) is 12.2 Å². The summed E-state index contributed by atoms with van der Waals surface area (Å²) >= 11 is 0. The summed E-state index contributed by atoms with van der Waals surface area (Å²) in [6.45, 7) is 0.00509. The first-order chi connectivity index (χ1) is 25.1. The smallest absolute Gasteiger partial charge is 0.724 e. The van der Waals surface area contributed by atoms with Crippen molar-refractivity contribution in [2.45, 2.75) is 29.8 Å². The number of carbonyl (C=O) groups excluding carboxylic acids is 3. The van der Waals surface area contributed by atoms with E-state index in [9.17, 15) is 48.7 Å². The largest absolute Gasteiger partial charge is 1.00 e. The van der Waals surface area contributed by atoms with Crippen LogP contribution in [0.5, 0.6) is 0 Å². The van der Waals surface area contributed by atoms with E-state index in [2.05, 4.69) is 44.5 Å². The van der Waals surface area contributed by atoms with E-state index in [0.717, 1.165) is 6.20 Å². The van der Waals surface area contributed by atoms with E-state index in [4.69, 9.17) is 10.8 Å². The molecule has 29 heteroatoms. The molecule has 0 aliphatic carbocycles. The number of quaternary nitrogens is 1. The maximum absolute atomic E-state index is 12.1. The Morgan fingerprint density at radius 1 is 0.964 bits per heavy atom. The number of hydroxylamine groups is 4. The second-order valence-electron chi connectivity index (χ2n) is 12.3. The Morgan fingerprint density at radius 2 is 1.47 bits per heavy atom. The molecule has 6 rings (SSSR count). The summed E-state index contributed by atoms with van der Waals surface area (Å²) < 4.78 is 102. The Hall–Kier alpha value is -3.52. The number of hydrogen-bond acceptors (Lipinski definition) is 16. The van der Waals surface area contributed by atoms with Gasteiger partial charge in [-0.3, -0.25) is 4.79 Å². The van der Waals surface area contributed by atoms with Crippen LogP contribution < -0.4 is 44.9 Å². The number of nitrogens with two attached hydrogens (primary N) is 1. The second-order valence-corrected chi connectivity index (χ2v) is 16.0. The molecule has 300 valence electrons. The van der Waals surface area contributed by atoms with E-state index in [1.165, 1.54) is 31.7 Å². The van der Waals surface area contributed by atoms with Gasteiger partial charge in [-0.1, -0.05) is 0 Å². The molecule has 2 aromatic heterocycles. The summed E-state index contributed by atoms with van der Waals surface area (Å²) in [6.07, 6.45) is 9.03. The number of amides is 5. The Bertz CT molecular complexity index is 2120. The molecule has 4 bridgehead atoms. The number of aromatic nitrogens is 4. The number of aliphatic hydroxyl groups excluding tert-OH is 1. The molecular weight excluding hydrogens is 810 g/mol. The van der Waals surface area contributed by atoms with Crippen LogP contribution in [0.25, 0.3) is 11.4 Å². The Morgan fingerprint density at radius 3 is 1.96 bits per heavy atom. The Balaban J connectivity index is 0.000000265. The zero-order chi connectivity index (χ0) is 40.2. The number of sulfonamides is 1. The molecule has 2 aromatic rings. The molecular formula is C26H38N11NaO14S3. The number of primary amides is 1. The van der Waals surface area contributed by atoms with E-state index in [0.29, 0.717) is 33.8 Å². The molecule has 6 heterocycles. The van der Waals surface area contributed by atoms with Gasteiger partial charge in [0, 0.05) is 50.6 Å². The zero-order valence-corrected chi connectivity index (χ0v) is 34.4. The van der Waals surface area contributed by atoms with E-state index < -0.39 is 60.9 Å². The molecule has 55 heavy (non-hydrogen) atoms. The van der Waals surface area contributed by atoms with Crippen LogP contribution in [-0.2, 0) is 50.6 Å². The van der Waals surface area contributed by atoms with Gasteiger partial charge >= 0.3 is 41.6 Å². The Kier molecular flexibility index (Phi) is 15.5. The van der Waals surface area contributed by atoms with Crippen molar-refractivity contribution < 1.29 is 96.9 Å². The summed E-state index contributed by atoms with van der Waals surface area (Å²) in [6, 6.07) is -3.06. The second kappa shape index (κ2) is 18.6. The van der Waals surface area contributed by atoms with Gasteiger partial charge in [0.2, 0.25) is 36.7 Å². The summed E-state index contributed by atoms with van der Waals surface area (Å²) in [5, 5.41) is 13.6. The van der Waals surface area contributed by atoms with Crippen LogP contribution in [0.15, 0.2) is 41.8 Å². The maximum atomic E-state index is 12.1. The number of aliphatic hydroxyl groups is 1. The van der Waals surface area contributed by atoms with Gasteiger partial charge in [0.15, 0.2) is 0 Å². The van der Waals surface area contributed by atoms with E-state index >= 15 is 0 Å². The summed E-state index contributed by atoms with van der Waals surface area (Å²) in [7, 11) is -7.77. The number of urea groups is 2. The predicted octanol–water partition coefficient (Wildman–Crippen LogP) is -8.08. The van der Waals surface area contributed by atoms with Crippen LogP contribution in [-0.4, -0.2) is 169 Å². The van der Waals surface area contributed by atoms with Gasteiger partial charge in [-0.15, -0.1) is 0 Å². The van der Waals surface area contributed by atoms with E-state index in [-0.39, 0.29) is 80.2 Å². The molecule has 25 nitrogen and oxygen atoms in total. The van der Waals surface area contributed by atoms with Crippen molar-refractivity contribution in [3.8, 4) is 0 Å². The first kappa shape index (κ1) is 45.9. The molecule has 4 aliphatic heterocycles. The van der Waals surface area contributed by atoms with Crippen LogP contribution in [0.4, 0.5) is 9.59 Å². The van der Waals surface area contributed by atoms with Crippen LogP contribution in [0.3, 0.4) is 0 Å². The van der Waals surface area contributed by atoms with Crippen LogP contribution in [0, 0.1) is 0 Å². The molecule has 2 saturated heterocycles. The van der Waals surface area contributed by atoms with Crippen molar-refractivity contribution in [3.63, 3.8) is 0 Å². The third-order valence-electron chi connectivity index (χ3n) is 7.34. The number of imidazole rings is 1. The number of fused-ring (bicyclic) bond motifs is 4. The number of hydrogen-bond donors (Lipinski definition) is 4. The van der Waals surface area contributed by atoms with Crippen molar-refractivity contribution in [2.24, 2.45) is 5.73 Å². The zero-order valence-electron chi connectivity index (χ0n) is 29.9. The molecule has 5 amide bonds. The third-order valence-corrected chi connectivity index (χ3v) is 9.44. The maximum Gasteiger partial charge on any atom is 1.00 e. The van der Waals surface area contributed by atoms with Crippen LogP contribution >= 0.6 is 0 Å². The number of aryl methyl sites for hydroxylation is 1. The molecule has 0 radical (unpaired) electrons. The molecule has 2 fully saturated rings. The van der Waals surface area contributed by atoms with Crippen molar-refractivity contribution >= 4 is 60.2 Å². The number of carbonyl (C=O) groups is 3. The minimum absolute atomic E-state index is 0. The quantitative estimate of drug-likeness (QED) is 0.0826. The van der Waals surface area contributed by atoms with Crippen LogP contribution in [0.2, 0.25) is 0 Å². The van der Waals surface area contributed by atoms with Gasteiger partial charge in [0.1, 0.15) is 22.8 Å². The van der Waals surface area contributed by atoms with Crippen molar-refractivity contribution in [1.29, 1.82) is 0 Å². The average molecular weight is 848 g/mol. The third kappa shape index (κ3) is 12.5. The van der Waals surface area contributed by atoms with E-state index in [1.54, 1.807) is 23.0 Å². The molecule has 4 aliphatic rings. The van der Waals surface area contributed by atoms with Gasteiger partial charge in [0.25, 0.3) is 0 Å². The summed E-state index contributed by atoms with van der Waals surface area (Å²) in [5.41, 5.74) is 6.19. The SMILES string of the molecule is C[NH+](C)C.NC(=O)CCc1nccn1C1=CC2CN(C1)C(=O)N2OS(=O)(=O)[O-].O=C1N2CC(n3cc(S(=O)(=O)NCCO)cn3)=CC(C2)N1OS(=O)(=O)[O-].[Na+]. The topological polar surface area (TPSA) is 330 Å². The minimum atomic E-state index is -5.12. The van der Waals surface area contributed by atoms with Gasteiger partial charge < -0.3 is 39.2 Å². The van der Waals surface area contributed by atoms with Gasteiger partial charge in [-0.2, -0.15) is 23.8 Å². The summed E-state index contributed by atoms with van der Waals surface area (Å²) in [5.74, 6) is 0.125. The van der Waals surface area contributed by atoms with Crippen molar-refractivity contribution in [2.75, 3.05) is 60.5 Å². The summed E-state index contributed by atoms with van der Waals surface area (Å²) in [4.78, 5) is 43.1. The average Bonchev–Trinajstić information content (AvgIpc) is 3.84. The Labute approximate surface area is 338 Å². The first-order valence-corrected chi connectivity index (χ1v) is 19.8. The monoisotopic (exact) mass is 847 g/mol. The van der Waals surface area contributed by atoms with Gasteiger partial charge in [-0.05, 0) is 12.2 Å². The molecule has 2 atom stereocenters. The fraction of sp³-hybridized carbons (Fsp3) is 0.500. The fourth-order valence-corrected chi connectivity index (χ4v) is 7.02. The molecule has 2 unspecified atom stereocenters. The van der Waals surface area contributed by atoms with E-state index in [1.807, 2.05) is 0 Å². The van der Waals surface area contributed by atoms with Crippen molar-refractivity contribution in [3.05, 3.63) is 42.8 Å². The van der Waals surface area contributed by atoms with Gasteiger partial charge in [0.05, 0.1) is 58.9 Å². The molecule has 0 saturated carbocycles. The fourth-order valence-electron chi connectivity index (χ4n) is 5.32. The van der Waals surface area contributed by atoms with Gasteiger partial charge in [-0.25, -0.2) is 49.2 Å².